The maximum atomic E-state index is 13.1. The predicted molar refractivity (Wildman–Crippen MR) is 255 cm³/mol. The maximum Gasteiger partial charge on any atom is 0.397 e. The Bertz CT molecular complexity index is 1220. The van der Waals surface area contributed by atoms with E-state index in [4.69, 9.17) is 9.47 Å². The first-order valence-corrected chi connectivity index (χ1v) is 27.1. The molecule has 0 aromatic carbocycles. The highest BCUT2D eigenvalue weighted by atomic mass is 32.3. The fraction of sp³-hybridized carbons (Fsp3) is 0.900. The lowest BCUT2D eigenvalue weighted by Gasteiger charge is -2.41. The zero-order chi connectivity index (χ0) is 46.2. The van der Waals surface area contributed by atoms with Crippen LogP contribution in [-0.4, -0.2) is 95.4 Å². The number of carbonyl (C=O) groups is 1. The van der Waals surface area contributed by atoms with Crippen LogP contribution in [0.3, 0.4) is 0 Å². The Morgan fingerprint density at radius 2 is 1.02 bits per heavy atom. The lowest BCUT2D eigenvalue weighted by atomic mass is 9.99. The second kappa shape index (κ2) is 40.8. The number of hydrogen-bond acceptors (Lipinski definition) is 10. The normalized spacial score (nSPS) is 20.5. The van der Waals surface area contributed by atoms with E-state index in [2.05, 4.69) is 35.5 Å². The van der Waals surface area contributed by atoms with Gasteiger partial charge in [0.25, 0.3) is 0 Å². The summed E-state index contributed by atoms with van der Waals surface area (Å²) in [4.78, 5) is 13.1. The summed E-state index contributed by atoms with van der Waals surface area (Å²) in [6.07, 6.45) is 39.3. The van der Waals surface area contributed by atoms with Crippen molar-refractivity contribution in [2.45, 2.75) is 275 Å². The lowest BCUT2D eigenvalue weighted by Crippen LogP contribution is -2.61. The Morgan fingerprint density at radius 1 is 0.619 bits per heavy atom. The first-order valence-electron chi connectivity index (χ1n) is 25.7. The number of aliphatic hydroxyl groups is 4. The van der Waals surface area contributed by atoms with Crippen LogP contribution >= 0.6 is 0 Å². The fourth-order valence-corrected chi connectivity index (χ4v) is 8.72. The van der Waals surface area contributed by atoms with Gasteiger partial charge < -0.3 is 35.2 Å². The van der Waals surface area contributed by atoms with Crippen molar-refractivity contribution in [3.8, 4) is 0 Å². The molecule has 1 heterocycles. The summed E-state index contributed by atoms with van der Waals surface area (Å²) in [5, 5.41) is 44.8. The van der Waals surface area contributed by atoms with E-state index < -0.39 is 59.9 Å². The van der Waals surface area contributed by atoms with Gasteiger partial charge in [-0.15, -0.1) is 0 Å². The van der Waals surface area contributed by atoms with E-state index in [9.17, 15) is 38.2 Å². The Balaban J connectivity index is 2.40. The average molecular weight is 918 g/mol. The smallest absolute Gasteiger partial charge is 0.394 e. The van der Waals surface area contributed by atoms with Gasteiger partial charge in [0.05, 0.1) is 25.4 Å². The summed E-state index contributed by atoms with van der Waals surface area (Å²) < 4.78 is 47.7. The highest BCUT2D eigenvalue weighted by molar-refractivity contribution is 7.80. The highest BCUT2D eigenvalue weighted by Crippen LogP contribution is 2.26. The molecule has 12 nitrogen and oxygen atoms in total. The van der Waals surface area contributed by atoms with Crippen LogP contribution in [0.4, 0.5) is 0 Å². The molecular weight excluding hydrogens is 823 g/mol. The maximum absolute atomic E-state index is 13.1. The first kappa shape index (κ1) is 59.6. The van der Waals surface area contributed by atoms with Crippen LogP contribution in [0.2, 0.25) is 0 Å². The molecule has 6 N–H and O–H groups in total. The standard InChI is InChI=1S/C50H95NO11S/c1-3-5-7-9-11-13-15-17-18-19-20-21-22-23-24-25-26-28-30-32-34-36-38-40-46(54)51-43(44(53)39-37-35-33-31-29-27-16-14-12-10-8-6-4-2)42-60-50-48(56)49(62-63(57,58)59)47(55)45(41-52)61-50/h17-18,37,39,43-45,47-50,52-53,55-56H,3-16,19-36,38,40-42H2,1-2H3,(H,51,54)(H,57,58,59)/b18-17-,39-37+/t43-,44+,45+,47-,48?,49?,50+/m0/s1. The van der Waals surface area contributed by atoms with E-state index in [0.29, 0.717) is 6.42 Å². The van der Waals surface area contributed by atoms with Crippen molar-refractivity contribution in [2.24, 2.45) is 0 Å². The van der Waals surface area contributed by atoms with E-state index in [-0.39, 0.29) is 18.9 Å². The summed E-state index contributed by atoms with van der Waals surface area (Å²) in [7, 11) is -5.08. The molecule has 2 unspecified atom stereocenters. The molecule has 372 valence electrons. The minimum absolute atomic E-state index is 0.261. The zero-order valence-electron chi connectivity index (χ0n) is 39.9. The van der Waals surface area contributed by atoms with Gasteiger partial charge in [0, 0.05) is 6.42 Å². The number of allylic oxidation sites excluding steroid dienone is 3. The van der Waals surface area contributed by atoms with Crippen LogP contribution in [0, 0.1) is 0 Å². The van der Waals surface area contributed by atoms with Crippen LogP contribution < -0.4 is 5.32 Å². The van der Waals surface area contributed by atoms with Gasteiger partial charge in [0.15, 0.2) is 6.29 Å². The van der Waals surface area contributed by atoms with Crippen molar-refractivity contribution in [3.05, 3.63) is 24.3 Å². The summed E-state index contributed by atoms with van der Waals surface area (Å²) in [5.74, 6) is -0.261. The molecule has 63 heavy (non-hydrogen) atoms. The topological polar surface area (TPSA) is 192 Å². The second-order valence-electron chi connectivity index (χ2n) is 18.1. The lowest BCUT2D eigenvalue weighted by molar-refractivity contribution is -0.298. The molecule has 7 atom stereocenters. The Kier molecular flexibility index (Phi) is 38.6. The number of carbonyl (C=O) groups excluding carboxylic acids is 1. The predicted octanol–water partition coefficient (Wildman–Crippen LogP) is 10.9. The number of hydrogen-bond donors (Lipinski definition) is 6. The molecule has 0 aromatic rings. The summed E-state index contributed by atoms with van der Waals surface area (Å²) in [6.45, 7) is 3.39. The number of unbranched alkanes of at least 4 members (excludes halogenated alkanes) is 30. The Morgan fingerprint density at radius 3 is 1.43 bits per heavy atom. The van der Waals surface area contributed by atoms with Gasteiger partial charge >= 0.3 is 10.4 Å². The van der Waals surface area contributed by atoms with E-state index in [1.165, 1.54) is 167 Å². The van der Waals surface area contributed by atoms with E-state index in [1.807, 2.05) is 6.08 Å². The molecule has 13 heteroatoms. The molecule has 0 bridgehead atoms. The van der Waals surface area contributed by atoms with E-state index >= 15 is 0 Å². The third-order valence-corrected chi connectivity index (χ3v) is 12.7. The minimum Gasteiger partial charge on any atom is -0.394 e. The second-order valence-corrected chi connectivity index (χ2v) is 19.2. The van der Waals surface area contributed by atoms with E-state index in [1.54, 1.807) is 6.08 Å². The fourth-order valence-electron chi connectivity index (χ4n) is 8.21. The molecular formula is C50H95NO11S. The van der Waals surface area contributed by atoms with Crippen molar-refractivity contribution >= 4 is 16.3 Å². The van der Waals surface area contributed by atoms with Crippen molar-refractivity contribution in [1.82, 2.24) is 5.32 Å². The van der Waals surface area contributed by atoms with E-state index in [0.717, 1.165) is 38.5 Å². The van der Waals surface area contributed by atoms with Crippen molar-refractivity contribution in [2.75, 3.05) is 13.2 Å². The molecule has 0 aromatic heterocycles. The molecule has 1 fully saturated rings. The molecule has 0 spiro atoms. The third kappa shape index (κ3) is 33.7. The number of nitrogens with one attached hydrogen (secondary N) is 1. The quantitative estimate of drug-likeness (QED) is 0.0194. The monoisotopic (exact) mass is 918 g/mol. The van der Waals surface area contributed by atoms with Gasteiger partial charge in [-0.2, -0.15) is 8.42 Å². The van der Waals surface area contributed by atoms with Crippen LogP contribution in [-0.2, 0) is 28.9 Å². The Hall–Kier alpha value is -1.42. The summed E-state index contributed by atoms with van der Waals surface area (Å²) in [5.41, 5.74) is 0. The van der Waals surface area contributed by atoms with Crippen LogP contribution in [0.1, 0.15) is 232 Å². The zero-order valence-corrected chi connectivity index (χ0v) is 40.7. The van der Waals surface area contributed by atoms with Crippen molar-refractivity contribution < 1.29 is 51.8 Å². The third-order valence-electron chi connectivity index (χ3n) is 12.2. The van der Waals surface area contributed by atoms with Crippen LogP contribution in [0.5, 0.6) is 0 Å². The molecule has 0 aliphatic carbocycles. The number of rotatable bonds is 44. The highest BCUT2D eigenvalue weighted by Gasteiger charge is 2.48. The van der Waals surface area contributed by atoms with Gasteiger partial charge in [-0.1, -0.05) is 205 Å². The van der Waals surface area contributed by atoms with Gasteiger partial charge in [-0.25, -0.2) is 4.18 Å². The SMILES string of the molecule is CCCCCCCC/C=C\CCCCCCCCCCCCCCCC(=O)N[C@@H](CO[C@@H]1O[C@H](CO)[C@H](O)C(OS(=O)(=O)O)C1O)[C@H](O)/C=C/CCCCCCCCCCCCC. The first-order chi connectivity index (χ1) is 30.5. The molecule has 0 radical (unpaired) electrons. The molecule has 1 aliphatic heterocycles. The van der Waals surface area contributed by atoms with Crippen molar-refractivity contribution in [1.29, 1.82) is 0 Å². The molecule has 1 rings (SSSR count). The van der Waals surface area contributed by atoms with Crippen LogP contribution in [0.15, 0.2) is 24.3 Å². The minimum atomic E-state index is -5.08. The molecule has 0 saturated carbocycles. The summed E-state index contributed by atoms with van der Waals surface area (Å²) in [6, 6.07) is -0.941. The molecule has 1 saturated heterocycles. The van der Waals surface area contributed by atoms with Gasteiger partial charge in [-0.05, 0) is 44.9 Å². The van der Waals surface area contributed by atoms with Crippen molar-refractivity contribution in [3.63, 3.8) is 0 Å². The van der Waals surface area contributed by atoms with Gasteiger partial charge in [0.2, 0.25) is 5.91 Å². The number of ether oxygens (including phenoxy) is 2. The largest absolute Gasteiger partial charge is 0.397 e. The number of amides is 1. The summed E-state index contributed by atoms with van der Waals surface area (Å²) >= 11 is 0. The average Bonchev–Trinajstić information content (AvgIpc) is 3.25. The molecule has 1 amide bonds. The molecule has 1 aliphatic rings. The number of aliphatic hydroxyl groups excluding tert-OH is 4. The van der Waals surface area contributed by atoms with Gasteiger partial charge in [-0.3, -0.25) is 9.35 Å². The Labute approximate surface area is 384 Å². The van der Waals surface area contributed by atoms with Gasteiger partial charge in [0.1, 0.15) is 24.4 Å². The van der Waals surface area contributed by atoms with Crippen LogP contribution in [0.25, 0.3) is 0 Å².